The maximum Gasteiger partial charge on any atom is 0.329 e. The normalized spacial score (nSPS) is 14.2. The maximum absolute atomic E-state index is 12.9. The summed E-state index contributed by atoms with van der Waals surface area (Å²) in [5, 5.41) is 28.8. The van der Waals surface area contributed by atoms with Gasteiger partial charge in [-0.15, -0.1) is 12.4 Å². The fourth-order valence-electron chi connectivity index (χ4n) is 3.83. The lowest BCUT2D eigenvalue weighted by Gasteiger charge is -2.37. The van der Waals surface area contributed by atoms with Crippen molar-refractivity contribution in [3.63, 3.8) is 0 Å². The number of anilines is 1. The Balaban J connectivity index is 0.00000272. The minimum atomic E-state index is -0.179. The summed E-state index contributed by atoms with van der Waals surface area (Å²) in [6, 6.07) is 11.3. The van der Waals surface area contributed by atoms with Gasteiger partial charge in [-0.05, 0) is 49.2 Å². The molecular weight excluding hydrogens is 420 g/mol. The van der Waals surface area contributed by atoms with Crippen LogP contribution < -0.4 is 4.90 Å². The number of hydrogen-bond acceptors (Lipinski definition) is 6. The molecule has 0 radical (unpaired) electrons. The van der Waals surface area contributed by atoms with Gasteiger partial charge in [0.05, 0.1) is 5.69 Å². The first-order chi connectivity index (χ1) is 14.4. The van der Waals surface area contributed by atoms with Gasteiger partial charge in [0.1, 0.15) is 23.6 Å². The minimum absolute atomic E-state index is 0. The summed E-state index contributed by atoms with van der Waals surface area (Å²) in [7, 11) is 1.79. The molecule has 3 N–H and O–H groups in total. The second-order valence-electron chi connectivity index (χ2n) is 7.53. The zero-order chi connectivity index (χ0) is 21.3. The average molecular weight is 445 g/mol. The number of imidazole rings is 1. The highest BCUT2D eigenvalue weighted by molar-refractivity contribution is 5.85. The molecule has 4 rings (SSSR count). The number of benzene rings is 2. The molecule has 0 atom stereocenters. The highest BCUT2D eigenvalue weighted by Gasteiger charge is 2.26. The van der Waals surface area contributed by atoms with E-state index in [9.17, 15) is 20.1 Å². The summed E-state index contributed by atoms with van der Waals surface area (Å²) >= 11 is 0. The first-order valence-corrected chi connectivity index (χ1v) is 9.79. The molecule has 0 spiro atoms. The van der Waals surface area contributed by atoms with Crippen LogP contribution >= 0.6 is 12.4 Å². The molecule has 0 unspecified atom stereocenters. The molecule has 1 aliphatic rings. The third kappa shape index (κ3) is 4.86. The zero-order valence-electron chi connectivity index (χ0n) is 17.0. The van der Waals surface area contributed by atoms with Gasteiger partial charge in [0.15, 0.2) is 0 Å². The van der Waals surface area contributed by atoms with Crippen LogP contribution in [0.15, 0.2) is 55.0 Å². The van der Waals surface area contributed by atoms with E-state index >= 15 is 0 Å². The Bertz CT molecular complexity index is 1030. The summed E-state index contributed by atoms with van der Waals surface area (Å²) in [5.74, 6) is 0.117. The quantitative estimate of drug-likeness (QED) is 0.569. The number of halogens is 1. The molecule has 31 heavy (non-hydrogen) atoms. The molecule has 1 saturated heterocycles. The number of nitrogens with zero attached hydrogens (tertiary/aromatic N) is 4. The number of rotatable bonds is 3. The molecule has 1 aliphatic heterocycles. The van der Waals surface area contributed by atoms with Gasteiger partial charge in [-0.25, -0.2) is 9.78 Å². The Morgan fingerprint density at radius 2 is 1.61 bits per heavy atom. The highest BCUT2D eigenvalue weighted by atomic mass is 35.5. The van der Waals surface area contributed by atoms with Crippen LogP contribution in [0.1, 0.15) is 12.8 Å². The predicted octanol–water partition coefficient (Wildman–Crippen LogP) is 3.66. The third-order valence-corrected chi connectivity index (χ3v) is 5.53. The number of phenols is 3. The molecule has 2 heterocycles. The largest absolute Gasteiger partial charge is 0.508 e. The first kappa shape index (κ1) is 22.3. The van der Waals surface area contributed by atoms with E-state index in [1.807, 2.05) is 12.1 Å². The van der Waals surface area contributed by atoms with Crippen LogP contribution in [-0.2, 0) is 0 Å². The number of phenolic OH excluding ortho intramolecular Hbond substituents is 3. The van der Waals surface area contributed by atoms with E-state index in [4.69, 9.17) is 0 Å². The standard InChI is InChI=1S/C22H24N4O4.ClH/c1-24(16-6-8-25(9-7-16)17-2-4-18(27)5-3-17)22(30)26-13-21(23-14-26)15-10-19(28)12-20(29)11-15;/h2-5,10-14,16,27-29H,6-9H2,1H3;1H. The molecular formula is C22H25ClN4O4. The lowest BCUT2D eigenvalue weighted by atomic mass is 10.0. The van der Waals surface area contributed by atoms with Crippen molar-refractivity contribution < 1.29 is 20.1 Å². The summed E-state index contributed by atoms with van der Waals surface area (Å²) in [6.07, 6.45) is 4.72. The fraction of sp³-hybridized carbons (Fsp3) is 0.273. The molecule has 3 aromatic rings. The summed E-state index contributed by atoms with van der Waals surface area (Å²) < 4.78 is 1.42. The van der Waals surface area contributed by atoms with Gasteiger partial charge in [-0.3, -0.25) is 4.57 Å². The van der Waals surface area contributed by atoms with Crippen LogP contribution in [0.2, 0.25) is 0 Å². The monoisotopic (exact) mass is 444 g/mol. The van der Waals surface area contributed by atoms with Crippen LogP contribution in [0, 0.1) is 0 Å². The molecule has 9 heteroatoms. The Morgan fingerprint density at radius 1 is 1.00 bits per heavy atom. The van der Waals surface area contributed by atoms with Gasteiger partial charge < -0.3 is 25.1 Å². The van der Waals surface area contributed by atoms with E-state index in [1.165, 1.54) is 29.1 Å². The van der Waals surface area contributed by atoms with Crippen molar-refractivity contribution in [2.75, 3.05) is 25.0 Å². The van der Waals surface area contributed by atoms with Crippen molar-refractivity contribution >= 4 is 24.1 Å². The number of carbonyl (C=O) groups excluding carboxylic acids is 1. The molecule has 1 aromatic heterocycles. The average Bonchev–Trinajstić information content (AvgIpc) is 3.23. The summed E-state index contributed by atoms with van der Waals surface area (Å²) in [6.45, 7) is 1.65. The van der Waals surface area contributed by atoms with Gasteiger partial charge in [-0.1, -0.05) is 0 Å². The summed E-state index contributed by atoms with van der Waals surface area (Å²) in [5.41, 5.74) is 2.09. The molecule has 0 aliphatic carbocycles. The number of piperidine rings is 1. The molecule has 1 fully saturated rings. The number of hydrogen-bond donors (Lipinski definition) is 3. The van der Waals surface area contributed by atoms with Gasteiger partial charge >= 0.3 is 6.03 Å². The Kier molecular flexibility index (Phi) is 6.60. The number of amides is 1. The van der Waals surface area contributed by atoms with Crippen LogP contribution in [0.4, 0.5) is 10.5 Å². The predicted molar refractivity (Wildman–Crippen MR) is 120 cm³/mol. The van der Waals surface area contributed by atoms with Crippen molar-refractivity contribution in [1.29, 1.82) is 0 Å². The van der Waals surface area contributed by atoms with Gasteiger partial charge in [-0.2, -0.15) is 0 Å². The van der Waals surface area contributed by atoms with E-state index in [2.05, 4.69) is 9.88 Å². The van der Waals surface area contributed by atoms with E-state index in [0.717, 1.165) is 31.6 Å². The van der Waals surface area contributed by atoms with Crippen molar-refractivity contribution in [3.05, 3.63) is 55.0 Å². The van der Waals surface area contributed by atoms with Crippen molar-refractivity contribution in [2.45, 2.75) is 18.9 Å². The maximum atomic E-state index is 12.9. The van der Waals surface area contributed by atoms with E-state index in [-0.39, 0.29) is 41.7 Å². The first-order valence-electron chi connectivity index (χ1n) is 9.79. The van der Waals surface area contributed by atoms with E-state index < -0.39 is 0 Å². The van der Waals surface area contributed by atoms with E-state index in [0.29, 0.717) is 11.3 Å². The topological polar surface area (TPSA) is 102 Å². The van der Waals surface area contributed by atoms with Crippen molar-refractivity contribution in [2.24, 2.45) is 0 Å². The smallest absolute Gasteiger partial charge is 0.329 e. The lowest BCUT2D eigenvalue weighted by molar-refractivity contribution is 0.181. The zero-order valence-corrected chi connectivity index (χ0v) is 17.9. The lowest BCUT2D eigenvalue weighted by Crippen LogP contribution is -2.46. The van der Waals surface area contributed by atoms with Gasteiger partial charge in [0.2, 0.25) is 0 Å². The number of aromatic hydroxyl groups is 3. The Labute approximate surface area is 186 Å². The molecule has 164 valence electrons. The summed E-state index contributed by atoms with van der Waals surface area (Å²) in [4.78, 5) is 21.1. The van der Waals surface area contributed by atoms with Crippen LogP contribution in [-0.4, -0.2) is 62.0 Å². The van der Waals surface area contributed by atoms with Crippen LogP contribution in [0.5, 0.6) is 17.2 Å². The van der Waals surface area contributed by atoms with Crippen molar-refractivity contribution in [3.8, 4) is 28.5 Å². The second kappa shape index (κ2) is 9.18. The molecule has 0 saturated carbocycles. The number of carbonyl (C=O) groups is 1. The second-order valence-corrected chi connectivity index (χ2v) is 7.53. The molecule has 8 nitrogen and oxygen atoms in total. The Morgan fingerprint density at radius 3 is 2.23 bits per heavy atom. The van der Waals surface area contributed by atoms with Crippen molar-refractivity contribution in [1.82, 2.24) is 14.5 Å². The SMILES string of the molecule is CN(C(=O)n1cnc(-c2cc(O)cc(O)c2)c1)C1CCN(c2ccc(O)cc2)CC1.Cl. The highest BCUT2D eigenvalue weighted by Crippen LogP contribution is 2.28. The van der Waals surface area contributed by atoms with Gasteiger partial charge in [0, 0.05) is 49.7 Å². The van der Waals surface area contributed by atoms with Crippen LogP contribution in [0.25, 0.3) is 11.3 Å². The minimum Gasteiger partial charge on any atom is -0.508 e. The Hall–Kier alpha value is -3.39. The van der Waals surface area contributed by atoms with Crippen LogP contribution in [0.3, 0.4) is 0 Å². The molecule has 2 aromatic carbocycles. The fourth-order valence-corrected chi connectivity index (χ4v) is 3.83. The number of aromatic nitrogens is 2. The van der Waals surface area contributed by atoms with E-state index in [1.54, 1.807) is 30.3 Å². The molecule has 1 amide bonds. The molecule has 0 bridgehead atoms. The third-order valence-electron chi connectivity index (χ3n) is 5.53. The van der Waals surface area contributed by atoms with Gasteiger partial charge in [0.25, 0.3) is 0 Å².